The second-order valence-corrected chi connectivity index (χ2v) is 8.49. The number of hydrogen-bond acceptors (Lipinski definition) is 5. The van der Waals surface area contributed by atoms with Crippen molar-refractivity contribution < 1.29 is 17.9 Å². The number of benzene rings is 2. The Hall–Kier alpha value is -2.39. The Labute approximate surface area is 168 Å². The minimum Gasteiger partial charge on any atom is -0.399 e. The van der Waals surface area contributed by atoms with Crippen molar-refractivity contribution >= 4 is 45.0 Å². The predicted molar refractivity (Wildman–Crippen MR) is 110 cm³/mol. The van der Waals surface area contributed by atoms with Crippen LogP contribution in [0.25, 0.3) is 6.08 Å². The lowest BCUT2D eigenvalue weighted by atomic mass is 10.2. The monoisotopic (exact) mass is 421 g/mol. The van der Waals surface area contributed by atoms with Gasteiger partial charge in [0.05, 0.1) is 28.8 Å². The van der Waals surface area contributed by atoms with Gasteiger partial charge in [0.1, 0.15) is 0 Å². The van der Waals surface area contributed by atoms with E-state index in [0.717, 1.165) is 5.56 Å². The number of rotatable bonds is 5. The highest BCUT2D eigenvalue weighted by Gasteiger charge is 2.27. The predicted octanol–water partition coefficient (Wildman–Crippen LogP) is 2.60. The minimum absolute atomic E-state index is 0.0663. The van der Waals surface area contributed by atoms with Crippen LogP contribution in [0.15, 0.2) is 53.4 Å². The number of anilines is 2. The molecular formula is C19H20ClN3O4S. The molecule has 1 heterocycles. The van der Waals surface area contributed by atoms with Gasteiger partial charge in [-0.2, -0.15) is 4.31 Å². The molecule has 0 unspecified atom stereocenters. The molecule has 148 valence electrons. The molecule has 1 amide bonds. The van der Waals surface area contributed by atoms with E-state index in [4.69, 9.17) is 22.1 Å². The summed E-state index contributed by atoms with van der Waals surface area (Å²) >= 11 is 6.13. The Kier molecular flexibility index (Phi) is 6.35. The maximum atomic E-state index is 12.8. The van der Waals surface area contributed by atoms with Crippen LogP contribution in [-0.4, -0.2) is 44.9 Å². The third kappa shape index (κ3) is 4.90. The molecule has 1 aliphatic rings. The summed E-state index contributed by atoms with van der Waals surface area (Å²) in [6.07, 6.45) is 2.96. The Balaban J connectivity index is 1.75. The van der Waals surface area contributed by atoms with Gasteiger partial charge in [-0.05, 0) is 42.0 Å². The fourth-order valence-corrected chi connectivity index (χ4v) is 4.25. The van der Waals surface area contributed by atoms with Gasteiger partial charge in [0.15, 0.2) is 0 Å². The fraction of sp³-hybridized carbons (Fsp3) is 0.211. The number of morpholine rings is 1. The number of hydrogen-bond donors (Lipinski definition) is 2. The zero-order valence-corrected chi connectivity index (χ0v) is 16.5. The van der Waals surface area contributed by atoms with Crippen LogP contribution in [0.1, 0.15) is 5.56 Å². The molecule has 0 bridgehead atoms. The lowest BCUT2D eigenvalue weighted by molar-refractivity contribution is -0.111. The molecule has 7 nitrogen and oxygen atoms in total. The summed E-state index contributed by atoms with van der Waals surface area (Å²) in [4.78, 5) is 12.3. The molecule has 9 heteroatoms. The second kappa shape index (κ2) is 8.74. The summed E-state index contributed by atoms with van der Waals surface area (Å²) in [7, 11) is -3.68. The van der Waals surface area contributed by atoms with Crippen molar-refractivity contribution in [3.63, 3.8) is 0 Å². The first-order chi connectivity index (χ1) is 13.4. The summed E-state index contributed by atoms with van der Waals surface area (Å²) in [6.45, 7) is 1.28. The molecule has 0 radical (unpaired) electrons. The van der Waals surface area contributed by atoms with E-state index in [2.05, 4.69) is 5.32 Å². The average Bonchev–Trinajstić information content (AvgIpc) is 2.70. The van der Waals surface area contributed by atoms with Gasteiger partial charge in [-0.15, -0.1) is 0 Å². The van der Waals surface area contributed by atoms with Gasteiger partial charge in [0.25, 0.3) is 0 Å². The molecule has 0 aromatic heterocycles. The molecule has 28 heavy (non-hydrogen) atoms. The first-order valence-corrected chi connectivity index (χ1v) is 10.4. The Morgan fingerprint density at radius 3 is 2.50 bits per heavy atom. The Bertz CT molecular complexity index is 985. The van der Waals surface area contributed by atoms with Crippen molar-refractivity contribution in [2.24, 2.45) is 0 Å². The van der Waals surface area contributed by atoms with Gasteiger partial charge in [-0.3, -0.25) is 4.79 Å². The van der Waals surface area contributed by atoms with Gasteiger partial charge in [0, 0.05) is 24.9 Å². The van der Waals surface area contributed by atoms with E-state index in [1.807, 2.05) is 0 Å². The number of carbonyl (C=O) groups excluding carboxylic acids is 1. The molecule has 3 N–H and O–H groups in total. The van der Waals surface area contributed by atoms with Crippen LogP contribution in [0.3, 0.4) is 0 Å². The van der Waals surface area contributed by atoms with Crippen LogP contribution in [0.5, 0.6) is 0 Å². The van der Waals surface area contributed by atoms with Crippen LogP contribution < -0.4 is 11.1 Å². The average molecular weight is 422 g/mol. The van der Waals surface area contributed by atoms with Crippen LogP contribution in [0.4, 0.5) is 11.4 Å². The Morgan fingerprint density at radius 1 is 1.14 bits per heavy atom. The molecule has 1 fully saturated rings. The van der Waals surface area contributed by atoms with Crippen LogP contribution >= 0.6 is 11.6 Å². The van der Waals surface area contributed by atoms with E-state index in [1.54, 1.807) is 30.3 Å². The van der Waals surface area contributed by atoms with Crippen LogP contribution in [0, 0.1) is 0 Å². The van der Waals surface area contributed by atoms with E-state index >= 15 is 0 Å². The Morgan fingerprint density at radius 2 is 1.82 bits per heavy atom. The zero-order valence-electron chi connectivity index (χ0n) is 15.0. The number of halogens is 1. The molecular weight excluding hydrogens is 402 g/mol. The molecule has 2 aromatic rings. The highest BCUT2D eigenvalue weighted by molar-refractivity contribution is 7.89. The van der Waals surface area contributed by atoms with Crippen molar-refractivity contribution in [3.05, 3.63) is 59.1 Å². The lowest BCUT2D eigenvalue weighted by Gasteiger charge is -2.26. The number of nitrogens with one attached hydrogen (secondary N) is 1. The molecule has 0 aliphatic carbocycles. The van der Waals surface area contributed by atoms with Crippen LogP contribution in [-0.2, 0) is 19.6 Å². The van der Waals surface area contributed by atoms with Crippen molar-refractivity contribution in [3.8, 4) is 0 Å². The van der Waals surface area contributed by atoms with E-state index in [0.29, 0.717) is 18.9 Å². The summed E-state index contributed by atoms with van der Waals surface area (Å²) in [5.74, 6) is -0.431. The number of nitrogens with two attached hydrogens (primary N) is 1. The topological polar surface area (TPSA) is 102 Å². The molecule has 0 saturated carbocycles. The summed E-state index contributed by atoms with van der Waals surface area (Å²) in [5, 5.41) is 2.86. The number of nitrogens with zero attached hydrogens (tertiary/aromatic N) is 1. The molecule has 3 rings (SSSR count). The van der Waals surface area contributed by atoms with Crippen LogP contribution in [0.2, 0.25) is 5.02 Å². The van der Waals surface area contributed by atoms with Crippen molar-refractivity contribution in [1.82, 2.24) is 4.31 Å². The first kappa shape index (κ1) is 20.3. The van der Waals surface area contributed by atoms with Gasteiger partial charge >= 0.3 is 0 Å². The van der Waals surface area contributed by atoms with Crippen molar-refractivity contribution in [2.45, 2.75) is 4.90 Å². The molecule has 1 saturated heterocycles. The number of sulfonamides is 1. The summed E-state index contributed by atoms with van der Waals surface area (Å²) in [5.41, 5.74) is 7.29. The lowest BCUT2D eigenvalue weighted by Crippen LogP contribution is -2.40. The number of nitrogen functional groups attached to an aromatic ring is 1. The van der Waals surface area contributed by atoms with E-state index < -0.39 is 15.9 Å². The fourth-order valence-electron chi connectivity index (χ4n) is 2.65. The van der Waals surface area contributed by atoms with Gasteiger partial charge in [0.2, 0.25) is 15.9 Å². The van der Waals surface area contributed by atoms with Crippen molar-refractivity contribution in [1.29, 1.82) is 0 Å². The summed E-state index contributed by atoms with van der Waals surface area (Å²) in [6, 6.07) is 11.3. The van der Waals surface area contributed by atoms with E-state index in [9.17, 15) is 13.2 Å². The zero-order chi connectivity index (χ0) is 20.1. The second-order valence-electron chi connectivity index (χ2n) is 6.15. The largest absolute Gasteiger partial charge is 0.399 e. The standard InChI is InChI=1S/C19H20ClN3O4S/c20-17-7-6-16(28(25,26)23-9-11-27-12-10-23)13-18(17)22-19(24)8-3-14-1-4-15(21)5-2-14/h1-8,13H,9-12,21H2,(H,22,24)/b8-3+. The third-order valence-corrected chi connectivity index (χ3v) is 6.39. The van der Waals surface area contributed by atoms with Gasteiger partial charge in [-0.1, -0.05) is 23.7 Å². The number of ether oxygens (including phenoxy) is 1. The maximum absolute atomic E-state index is 12.8. The number of carbonyl (C=O) groups is 1. The number of amides is 1. The SMILES string of the molecule is Nc1ccc(/C=C/C(=O)Nc2cc(S(=O)(=O)N3CCOCC3)ccc2Cl)cc1. The van der Waals surface area contributed by atoms with Gasteiger partial charge < -0.3 is 15.8 Å². The summed E-state index contributed by atoms with van der Waals surface area (Å²) < 4.78 is 32.1. The molecule has 0 atom stereocenters. The van der Waals surface area contributed by atoms with E-state index in [1.165, 1.54) is 28.6 Å². The molecule has 1 aliphatic heterocycles. The highest BCUT2D eigenvalue weighted by atomic mass is 35.5. The smallest absolute Gasteiger partial charge is 0.248 e. The van der Waals surface area contributed by atoms with Crippen molar-refractivity contribution in [2.75, 3.05) is 37.4 Å². The first-order valence-electron chi connectivity index (χ1n) is 8.58. The normalized spacial score (nSPS) is 15.6. The quantitative estimate of drug-likeness (QED) is 0.570. The van der Waals surface area contributed by atoms with E-state index in [-0.39, 0.29) is 28.7 Å². The molecule has 2 aromatic carbocycles. The molecule has 0 spiro atoms. The third-order valence-electron chi connectivity index (χ3n) is 4.17. The van der Waals surface area contributed by atoms with Gasteiger partial charge in [-0.25, -0.2) is 8.42 Å². The highest BCUT2D eigenvalue weighted by Crippen LogP contribution is 2.27. The minimum atomic E-state index is -3.68. The maximum Gasteiger partial charge on any atom is 0.248 e.